The third kappa shape index (κ3) is 6.76. The number of carbonyl (C=O) groups is 1. The normalized spacial score (nSPS) is 16.8. The average molecular weight is 478 g/mol. The first-order chi connectivity index (χ1) is 16.5. The zero-order valence-corrected chi connectivity index (χ0v) is 20.0. The summed E-state index contributed by atoms with van der Waals surface area (Å²) in [6.45, 7) is 3.69. The highest BCUT2D eigenvalue weighted by molar-refractivity contribution is 7.89. The van der Waals surface area contributed by atoms with Crippen LogP contribution in [0.15, 0.2) is 89.8 Å². The Morgan fingerprint density at radius 3 is 2.35 bits per heavy atom. The van der Waals surface area contributed by atoms with Crippen molar-refractivity contribution >= 4 is 15.9 Å². The Hall–Kier alpha value is -3.00. The van der Waals surface area contributed by atoms with Crippen LogP contribution in [-0.2, 0) is 23.1 Å². The molecule has 0 spiro atoms. The average Bonchev–Trinajstić information content (AvgIpc) is 2.88. The molecule has 1 aliphatic heterocycles. The van der Waals surface area contributed by atoms with E-state index in [1.165, 1.54) is 17.7 Å². The van der Waals surface area contributed by atoms with Crippen LogP contribution in [-0.4, -0.2) is 38.9 Å². The molecule has 0 aromatic heterocycles. The van der Waals surface area contributed by atoms with Gasteiger partial charge in [-0.25, -0.2) is 13.1 Å². The molecule has 6 nitrogen and oxygen atoms in total. The number of rotatable bonds is 9. The molecule has 2 N–H and O–H groups in total. The van der Waals surface area contributed by atoms with Gasteiger partial charge in [0.05, 0.1) is 4.90 Å². The summed E-state index contributed by atoms with van der Waals surface area (Å²) in [5.41, 5.74) is 2.51. The van der Waals surface area contributed by atoms with Crippen LogP contribution < -0.4 is 10.0 Å². The molecule has 1 saturated heterocycles. The lowest BCUT2D eigenvalue weighted by atomic mass is 9.97. The van der Waals surface area contributed by atoms with E-state index in [0.29, 0.717) is 18.0 Å². The standard InChI is InChI=1S/C27H31N3O3S/c31-27(28-18-24-13-8-16-30(21-24)20-23-11-5-2-6-12-23)25-14-7-15-26(17-25)34(32,33)29-19-22-9-3-1-4-10-22/h1-7,9-12,14-15,17,24,29H,8,13,16,18-21H2,(H,28,31). The van der Waals surface area contributed by atoms with Crippen LogP contribution >= 0.6 is 0 Å². The number of amides is 1. The van der Waals surface area contributed by atoms with Crippen molar-refractivity contribution in [1.82, 2.24) is 14.9 Å². The van der Waals surface area contributed by atoms with E-state index >= 15 is 0 Å². The number of likely N-dealkylation sites (tertiary alicyclic amines) is 1. The van der Waals surface area contributed by atoms with E-state index in [2.05, 4.69) is 39.2 Å². The number of hydrogen-bond acceptors (Lipinski definition) is 4. The van der Waals surface area contributed by atoms with Crippen LogP contribution in [0.25, 0.3) is 0 Å². The van der Waals surface area contributed by atoms with Crippen molar-refractivity contribution in [2.45, 2.75) is 30.8 Å². The second-order valence-electron chi connectivity index (χ2n) is 8.78. The van der Waals surface area contributed by atoms with Gasteiger partial charge in [0.15, 0.2) is 0 Å². The fourth-order valence-corrected chi connectivity index (χ4v) is 5.37. The lowest BCUT2D eigenvalue weighted by molar-refractivity contribution is 0.0930. The Kier molecular flexibility index (Phi) is 8.11. The number of piperidine rings is 1. The van der Waals surface area contributed by atoms with Gasteiger partial charge in [-0.2, -0.15) is 0 Å². The summed E-state index contributed by atoms with van der Waals surface area (Å²) in [6, 6.07) is 25.9. The van der Waals surface area contributed by atoms with Gasteiger partial charge in [-0.15, -0.1) is 0 Å². The first-order valence-electron chi connectivity index (χ1n) is 11.7. The molecule has 4 rings (SSSR count). The third-order valence-electron chi connectivity index (χ3n) is 6.12. The smallest absolute Gasteiger partial charge is 0.251 e. The summed E-state index contributed by atoms with van der Waals surface area (Å²) in [4.78, 5) is 15.3. The summed E-state index contributed by atoms with van der Waals surface area (Å²) in [5, 5.41) is 3.01. The maximum atomic E-state index is 12.8. The molecule has 1 atom stereocenters. The molecule has 1 fully saturated rings. The van der Waals surface area contributed by atoms with Gasteiger partial charge in [0, 0.05) is 31.7 Å². The van der Waals surface area contributed by atoms with Gasteiger partial charge < -0.3 is 5.32 Å². The highest BCUT2D eigenvalue weighted by atomic mass is 32.2. The largest absolute Gasteiger partial charge is 0.352 e. The van der Waals surface area contributed by atoms with Crippen molar-refractivity contribution < 1.29 is 13.2 Å². The van der Waals surface area contributed by atoms with Gasteiger partial charge in [0.25, 0.3) is 5.91 Å². The number of benzene rings is 3. The summed E-state index contributed by atoms with van der Waals surface area (Å²) in [6.07, 6.45) is 2.18. The van der Waals surface area contributed by atoms with E-state index < -0.39 is 10.0 Å². The Bertz CT molecular complexity index is 1180. The predicted octanol–water partition coefficient (Wildman–Crippen LogP) is 3.81. The molecule has 0 aliphatic carbocycles. The first-order valence-corrected chi connectivity index (χ1v) is 13.2. The van der Waals surface area contributed by atoms with E-state index in [1.54, 1.807) is 12.1 Å². The van der Waals surface area contributed by atoms with Crippen molar-refractivity contribution in [3.8, 4) is 0 Å². The fourth-order valence-electron chi connectivity index (χ4n) is 4.30. The maximum absolute atomic E-state index is 12.8. The summed E-state index contributed by atoms with van der Waals surface area (Å²) < 4.78 is 28.0. The molecular weight excluding hydrogens is 446 g/mol. The molecule has 178 valence electrons. The molecule has 3 aromatic rings. The fraction of sp³-hybridized carbons (Fsp3) is 0.296. The lowest BCUT2D eigenvalue weighted by Gasteiger charge is -2.32. The minimum absolute atomic E-state index is 0.0859. The van der Waals surface area contributed by atoms with Crippen LogP contribution in [0.5, 0.6) is 0 Å². The molecule has 34 heavy (non-hydrogen) atoms. The minimum Gasteiger partial charge on any atom is -0.352 e. The van der Waals surface area contributed by atoms with Gasteiger partial charge in [-0.05, 0) is 54.6 Å². The van der Waals surface area contributed by atoms with Gasteiger partial charge in [-0.1, -0.05) is 66.7 Å². The third-order valence-corrected chi connectivity index (χ3v) is 7.52. The Labute approximate surface area is 202 Å². The van der Waals surface area contributed by atoms with E-state index in [4.69, 9.17) is 0 Å². The Balaban J connectivity index is 1.31. The number of nitrogens with one attached hydrogen (secondary N) is 2. The highest BCUT2D eigenvalue weighted by Crippen LogP contribution is 2.19. The zero-order valence-electron chi connectivity index (χ0n) is 19.2. The SMILES string of the molecule is O=C(NCC1CCCN(Cc2ccccc2)C1)c1cccc(S(=O)(=O)NCc2ccccc2)c1. The summed E-state index contributed by atoms with van der Waals surface area (Å²) in [5.74, 6) is 0.126. The van der Waals surface area contributed by atoms with Crippen LogP contribution in [0.3, 0.4) is 0 Å². The molecule has 1 heterocycles. The number of carbonyl (C=O) groups excluding carboxylic acids is 1. The minimum atomic E-state index is -3.72. The molecule has 0 radical (unpaired) electrons. The maximum Gasteiger partial charge on any atom is 0.251 e. The van der Waals surface area contributed by atoms with E-state index in [-0.39, 0.29) is 17.3 Å². The summed E-state index contributed by atoms with van der Waals surface area (Å²) in [7, 11) is -3.72. The van der Waals surface area contributed by atoms with Crippen LogP contribution in [0.4, 0.5) is 0 Å². The van der Waals surface area contributed by atoms with Gasteiger partial charge in [-0.3, -0.25) is 9.69 Å². The molecular formula is C27H31N3O3S. The van der Waals surface area contributed by atoms with Crippen LogP contribution in [0, 0.1) is 5.92 Å². The molecule has 0 bridgehead atoms. The Morgan fingerprint density at radius 2 is 1.62 bits per heavy atom. The molecule has 1 amide bonds. The second-order valence-corrected chi connectivity index (χ2v) is 10.5. The number of sulfonamides is 1. The quantitative estimate of drug-likeness (QED) is 0.491. The number of hydrogen-bond donors (Lipinski definition) is 2. The van der Waals surface area contributed by atoms with Crippen LogP contribution in [0.2, 0.25) is 0 Å². The van der Waals surface area contributed by atoms with Gasteiger partial charge in [0.2, 0.25) is 10.0 Å². The van der Waals surface area contributed by atoms with Crippen molar-refractivity contribution in [2.75, 3.05) is 19.6 Å². The lowest BCUT2D eigenvalue weighted by Crippen LogP contribution is -2.40. The van der Waals surface area contributed by atoms with Crippen molar-refractivity contribution in [1.29, 1.82) is 0 Å². The predicted molar refractivity (Wildman–Crippen MR) is 134 cm³/mol. The van der Waals surface area contributed by atoms with Crippen molar-refractivity contribution in [2.24, 2.45) is 5.92 Å². The topological polar surface area (TPSA) is 78.5 Å². The Morgan fingerprint density at radius 1 is 0.912 bits per heavy atom. The monoisotopic (exact) mass is 477 g/mol. The van der Waals surface area contributed by atoms with Crippen LogP contribution in [0.1, 0.15) is 34.3 Å². The second kappa shape index (κ2) is 11.4. The zero-order chi connectivity index (χ0) is 23.8. The molecule has 1 unspecified atom stereocenters. The number of nitrogens with zero attached hydrogens (tertiary/aromatic N) is 1. The molecule has 7 heteroatoms. The molecule has 1 aliphatic rings. The van der Waals surface area contributed by atoms with Crippen molar-refractivity contribution in [3.63, 3.8) is 0 Å². The molecule has 3 aromatic carbocycles. The van der Waals surface area contributed by atoms with Crippen molar-refractivity contribution in [3.05, 3.63) is 102 Å². The van der Waals surface area contributed by atoms with Gasteiger partial charge in [0.1, 0.15) is 0 Å². The van der Waals surface area contributed by atoms with E-state index in [1.807, 2.05) is 36.4 Å². The highest BCUT2D eigenvalue weighted by Gasteiger charge is 2.21. The van der Waals surface area contributed by atoms with E-state index in [9.17, 15) is 13.2 Å². The van der Waals surface area contributed by atoms with E-state index in [0.717, 1.165) is 38.0 Å². The first kappa shape index (κ1) is 24.1. The summed E-state index contributed by atoms with van der Waals surface area (Å²) >= 11 is 0. The van der Waals surface area contributed by atoms with Gasteiger partial charge >= 0.3 is 0 Å². The molecule has 0 saturated carbocycles.